The Kier molecular flexibility index (Phi) is 10.4. The van der Waals surface area contributed by atoms with Crippen LogP contribution in [0.25, 0.3) is 0 Å². The van der Waals surface area contributed by atoms with Crippen LogP contribution in [0, 0.1) is 0 Å². The molecule has 2 aromatic rings. The Hall–Kier alpha value is -3.89. The molecule has 1 fully saturated rings. The van der Waals surface area contributed by atoms with Gasteiger partial charge in [-0.05, 0) is 82.0 Å². The zero-order chi connectivity index (χ0) is 32.2. The Morgan fingerprint density at radius 2 is 1.57 bits per heavy atom. The summed E-state index contributed by atoms with van der Waals surface area (Å²) < 4.78 is 21.7. The molecule has 10 heteroatoms. The zero-order valence-electron chi connectivity index (χ0n) is 27.2. The van der Waals surface area contributed by atoms with Gasteiger partial charge in [0.1, 0.15) is 17.1 Å². The molecule has 2 aromatic carbocycles. The first-order valence-electron chi connectivity index (χ1n) is 15.1. The van der Waals surface area contributed by atoms with Gasteiger partial charge in [-0.15, -0.1) is 0 Å². The van der Waals surface area contributed by atoms with Crippen LogP contribution in [0.2, 0.25) is 0 Å². The minimum Gasteiger partial charge on any atom is -0.428 e. The van der Waals surface area contributed by atoms with E-state index in [2.05, 4.69) is 35.0 Å². The third kappa shape index (κ3) is 8.60. The SMILES string of the molecule is C/C=C(\C)OC(=O)Oc1cc(OC(=O)OC(C)(C)C)c(C(=O)N2Cc3ccc(CN4CCN(C)CC4)cc3C2)cc1C(C)C. The Bertz CT molecular complexity index is 1420. The van der Waals surface area contributed by atoms with Crippen molar-refractivity contribution >= 4 is 18.2 Å². The van der Waals surface area contributed by atoms with Crippen molar-refractivity contribution in [3.8, 4) is 11.5 Å². The number of fused-ring (bicyclic) bond motifs is 1. The minimum absolute atomic E-state index is 0.0640. The van der Waals surface area contributed by atoms with Crippen molar-refractivity contribution in [2.75, 3.05) is 33.2 Å². The second-order valence-corrected chi connectivity index (χ2v) is 12.8. The molecule has 2 heterocycles. The van der Waals surface area contributed by atoms with Crippen molar-refractivity contribution in [1.82, 2.24) is 14.7 Å². The van der Waals surface area contributed by atoms with E-state index in [-0.39, 0.29) is 28.9 Å². The van der Waals surface area contributed by atoms with Crippen molar-refractivity contribution in [3.05, 3.63) is 70.0 Å². The molecule has 10 nitrogen and oxygen atoms in total. The lowest BCUT2D eigenvalue weighted by Crippen LogP contribution is -2.43. The number of ether oxygens (including phenoxy) is 4. The van der Waals surface area contributed by atoms with Crippen molar-refractivity contribution in [3.63, 3.8) is 0 Å². The monoisotopic (exact) mass is 607 g/mol. The van der Waals surface area contributed by atoms with Gasteiger partial charge in [0.05, 0.1) is 5.56 Å². The molecule has 238 valence electrons. The second-order valence-electron chi connectivity index (χ2n) is 12.8. The first-order chi connectivity index (χ1) is 20.7. The Labute approximate surface area is 260 Å². The number of carbonyl (C=O) groups is 3. The number of hydrogen-bond acceptors (Lipinski definition) is 9. The normalized spacial score (nSPS) is 16.1. The van der Waals surface area contributed by atoms with Crippen molar-refractivity contribution < 1.29 is 33.3 Å². The van der Waals surface area contributed by atoms with E-state index in [1.165, 1.54) is 11.6 Å². The fourth-order valence-corrected chi connectivity index (χ4v) is 5.15. The maximum atomic E-state index is 14.1. The highest BCUT2D eigenvalue weighted by Gasteiger charge is 2.31. The van der Waals surface area contributed by atoms with Crippen LogP contribution in [0.4, 0.5) is 9.59 Å². The molecule has 0 saturated carbocycles. The van der Waals surface area contributed by atoms with Gasteiger partial charge >= 0.3 is 12.3 Å². The van der Waals surface area contributed by atoms with Crippen LogP contribution in [0.3, 0.4) is 0 Å². The second kappa shape index (κ2) is 13.8. The van der Waals surface area contributed by atoms with Crippen LogP contribution < -0.4 is 9.47 Å². The number of likely N-dealkylation sites (N-methyl/N-ethyl adjacent to an activating group) is 1. The smallest absolute Gasteiger partial charge is 0.428 e. The fraction of sp³-hybridized carbons (Fsp3) is 0.500. The van der Waals surface area contributed by atoms with Crippen LogP contribution in [0.5, 0.6) is 11.5 Å². The fourth-order valence-electron chi connectivity index (χ4n) is 5.15. The summed E-state index contributed by atoms with van der Waals surface area (Å²) in [6.45, 7) is 18.3. The van der Waals surface area contributed by atoms with Gasteiger partial charge in [0.25, 0.3) is 5.91 Å². The Balaban J connectivity index is 1.61. The number of nitrogens with zero attached hydrogens (tertiary/aromatic N) is 3. The van der Waals surface area contributed by atoms with Gasteiger partial charge in [-0.25, -0.2) is 9.59 Å². The van der Waals surface area contributed by atoms with Crippen LogP contribution in [0.1, 0.15) is 87.0 Å². The van der Waals surface area contributed by atoms with Crippen LogP contribution >= 0.6 is 0 Å². The Morgan fingerprint density at radius 3 is 2.20 bits per heavy atom. The quantitative estimate of drug-likeness (QED) is 0.199. The molecular weight excluding hydrogens is 562 g/mol. The zero-order valence-corrected chi connectivity index (χ0v) is 27.2. The van der Waals surface area contributed by atoms with Gasteiger partial charge in [-0.2, -0.15) is 0 Å². The van der Waals surface area contributed by atoms with E-state index in [1.54, 1.807) is 51.7 Å². The van der Waals surface area contributed by atoms with Gasteiger partial charge in [0, 0.05) is 51.9 Å². The van der Waals surface area contributed by atoms with E-state index < -0.39 is 17.9 Å². The number of carbonyl (C=O) groups excluding carboxylic acids is 3. The van der Waals surface area contributed by atoms with Gasteiger partial charge < -0.3 is 28.7 Å². The summed E-state index contributed by atoms with van der Waals surface area (Å²) >= 11 is 0. The van der Waals surface area contributed by atoms with E-state index in [4.69, 9.17) is 18.9 Å². The molecule has 1 saturated heterocycles. The molecular formula is C34H45N3O7. The predicted octanol–water partition coefficient (Wildman–Crippen LogP) is 6.47. The molecule has 2 aliphatic rings. The Morgan fingerprint density at radius 1 is 0.909 bits per heavy atom. The van der Waals surface area contributed by atoms with Crippen molar-refractivity contribution in [1.29, 1.82) is 0 Å². The summed E-state index contributed by atoms with van der Waals surface area (Å²) in [4.78, 5) is 45.8. The average Bonchev–Trinajstić information content (AvgIpc) is 3.36. The molecule has 0 spiro atoms. The third-order valence-corrected chi connectivity index (χ3v) is 7.67. The summed E-state index contributed by atoms with van der Waals surface area (Å²) in [5, 5.41) is 0. The molecule has 0 unspecified atom stereocenters. The third-order valence-electron chi connectivity index (χ3n) is 7.67. The van der Waals surface area contributed by atoms with E-state index >= 15 is 0 Å². The molecule has 1 amide bonds. The summed E-state index contributed by atoms with van der Waals surface area (Å²) in [7, 11) is 2.15. The lowest BCUT2D eigenvalue weighted by molar-refractivity contribution is 0.0204. The molecule has 2 aliphatic heterocycles. The highest BCUT2D eigenvalue weighted by Crippen LogP contribution is 2.37. The number of piperazine rings is 1. The molecule has 0 radical (unpaired) electrons. The number of allylic oxidation sites excluding steroid dienone is 2. The van der Waals surface area contributed by atoms with Crippen LogP contribution in [0.15, 0.2) is 42.2 Å². The van der Waals surface area contributed by atoms with E-state index in [0.29, 0.717) is 24.4 Å². The summed E-state index contributed by atoms with van der Waals surface area (Å²) in [6, 6.07) is 9.43. The maximum Gasteiger partial charge on any atom is 0.519 e. The lowest BCUT2D eigenvalue weighted by atomic mass is 9.98. The van der Waals surface area contributed by atoms with Gasteiger partial charge in [0.15, 0.2) is 5.75 Å². The predicted molar refractivity (Wildman–Crippen MR) is 167 cm³/mol. The standard InChI is InChI=1S/C34H45N3O7/c1-9-23(4)41-32(39)42-29-18-30(43-33(40)44-34(5,6)7)28(17-27(29)22(2)3)31(38)37-20-25-11-10-24(16-26(25)21-37)19-36-14-12-35(8)13-15-36/h9-11,16-18,22H,12-15,19-21H2,1-8H3/b23-9+. The maximum absolute atomic E-state index is 14.1. The van der Waals surface area contributed by atoms with Crippen LogP contribution in [-0.2, 0) is 29.1 Å². The summed E-state index contributed by atoms with van der Waals surface area (Å²) in [6.07, 6.45) is -0.278. The summed E-state index contributed by atoms with van der Waals surface area (Å²) in [5.74, 6) is 0.00316. The number of amides is 1. The molecule has 0 bridgehead atoms. The van der Waals surface area contributed by atoms with Gasteiger partial charge in [-0.1, -0.05) is 32.0 Å². The van der Waals surface area contributed by atoms with Crippen LogP contribution in [-0.4, -0.2) is 71.7 Å². The van der Waals surface area contributed by atoms with E-state index in [9.17, 15) is 14.4 Å². The molecule has 0 N–H and O–H groups in total. The highest BCUT2D eigenvalue weighted by atomic mass is 16.7. The number of rotatable bonds is 7. The average molecular weight is 608 g/mol. The minimum atomic E-state index is -0.972. The number of hydrogen-bond donors (Lipinski definition) is 0. The molecule has 0 aliphatic carbocycles. The molecule has 0 atom stereocenters. The van der Waals surface area contributed by atoms with Crippen molar-refractivity contribution in [2.45, 2.75) is 79.6 Å². The van der Waals surface area contributed by atoms with E-state index in [1.807, 2.05) is 13.8 Å². The van der Waals surface area contributed by atoms with Crippen molar-refractivity contribution in [2.24, 2.45) is 0 Å². The van der Waals surface area contributed by atoms with Gasteiger partial charge in [0.2, 0.25) is 0 Å². The van der Waals surface area contributed by atoms with Gasteiger partial charge in [-0.3, -0.25) is 9.69 Å². The van der Waals surface area contributed by atoms with E-state index in [0.717, 1.165) is 43.9 Å². The molecule has 4 rings (SSSR count). The number of benzene rings is 2. The lowest BCUT2D eigenvalue weighted by Gasteiger charge is -2.32. The largest absolute Gasteiger partial charge is 0.519 e. The molecule has 0 aromatic heterocycles. The first-order valence-corrected chi connectivity index (χ1v) is 15.1. The topological polar surface area (TPSA) is 97.8 Å². The highest BCUT2D eigenvalue weighted by molar-refractivity contribution is 5.98. The molecule has 44 heavy (non-hydrogen) atoms. The first kappa shape index (κ1) is 33.0. The summed E-state index contributed by atoms with van der Waals surface area (Å²) in [5.41, 5.74) is 3.36.